The molecule has 0 amide bonds. The Labute approximate surface area is 119 Å². The zero-order valence-corrected chi connectivity index (χ0v) is 12.1. The molecule has 0 bridgehead atoms. The molecule has 0 heterocycles. The second kappa shape index (κ2) is 6.98. The number of carbonyl (C=O) groups excluding carboxylic acids is 1. The van der Waals surface area contributed by atoms with Crippen LogP contribution in [0.3, 0.4) is 0 Å². The molecule has 1 rings (SSSR count). The van der Waals surface area contributed by atoms with Gasteiger partial charge in [0.2, 0.25) is 0 Å². The zero-order valence-electron chi connectivity index (χ0n) is 9.19. The van der Waals surface area contributed by atoms with E-state index in [1.165, 1.54) is 4.08 Å². The Bertz CT molecular complexity index is 414. The van der Waals surface area contributed by atoms with Crippen molar-refractivity contribution in [3.8, 4) is 0 Å². The fourth-order valence-corrected chi connectivity index (χ4v) is 1.98. The van der Waals surface area contributed by atoms with Crippen molar-refractivity contribution in [2.45, 2.75) is 13.0 Å². The summed E-state index contributed by atoms with van der Waals surface area (Å²) in [6.45, 7) is 2.00. The third-order valence-electron chi connectivity index (χ3n) is 2.11. The normalized spacial score (nSPS) is 13.3. The minimum absolute atomic E-state index is 0.217. The third kappa shape index (κ3) is 3.97. The van der Waals surface area contributed by atoms with Crippen LogP contribution in [-0.4, -0.2) is 17.7 Å². The molecule has 0 fully saturated rings. The Morgan fingerprint density at radius 3 is 2.59 bits per heavy atom. The molecule has 1 N–H and O–H groups in total. The number of aliphatic hydroxyl groups excluding tert-OH is 1. The van der Waals surface area contributed by atoms with E-state index in [-0.39, 0.29) is 12.2 Å². The second-order valence-corrected chi connectivity index (χ2v) is 4.30. The van der Waals surface area contributed by atoms with Gasteiger partial charge in [0, 0.05) is 5.02 Å². The van der Waals surface area contributed by atoms with Crippen LogP contribution < -0.4 is 0 Å². The molecule has 1 atom stereocenters. The first-order valence-corrected chi connectivity index (χ1v) is 6.63. The predicted molar refractivity (Wildman–Crippen MR) is 75.1 cm³/mol. The van der Waals surface area contributed by atoms with E-state index in [1.807, 2.05) is 22.6 Å². The summed E-state index contributed by atoms with van der Waals surface area (Å²) in [7, 11) is 0. The molecule has 0 saturated carbocycles. The van der Waals surface area contributed by atoms with Gasteiger partial charge in [0.25, 0.3) is 0 Å². The van der Waals surface area contributed by atoms with Crippen LogP contribution in [0.5, 0.6) is 0 Å². The summed E-state index contributed by atoms with van der Waals surface area (Å²) in [6, 6.07) is 6.67. The third-order valence-corrected chi connectivity index (χ3v) is 3.03. The van der Waals surface area contributed by atoms with Crippen molar-refractivity contribution in [3.05, 3.63) is 44.5 Å². The maximum absolute atomic E-state index is 11.6. The standard InChI is InChI=1S/C12H12ClIO3/c1-2-17-12(16)10(7-14)11(15)8-3-5-9(13)6-4-8/h3-7,11,15H,2H2,1H3/b10-7-/t11-/m0/s1. The largest absolute Gasteiger partial charge is 0.463 e. The Morgan fingerprint density at radius 1 is 1.53 bits per heavy atom. The van der Waals surface area contributed by atoms with Gasteiger partial charge in [-0.2, -0.15) is 0 Å². The molecule has 5 heteroatoms. The number of halogens is 2. The fraction of sp³-hybridized carbons (Fsp3) is 0.250. The van der Waals surface area contributed by atoms with Crippen molar-refractivity contribution in [2.24, 2.45) is 0 Å². The first kappa shape index (κ1) is 14.5. The maximum Gasteiger partial charge on any atom is 0.337 e. The smallest absolute Gasteiger partial charge is 0.337 e. The highest BCUT2D eigenvalue weighted by Gasteiger charge is 2.20. The van der Waals surface area contributed by atoms with Crippen LogP contribution in [0, 0.1) is 0 Å². The first-order chi connectivity index (χ1) is 8.10. The van der Waals surface area contributed by atoms with Crippen LogP contribution in [0.2, 0.25) is 5.02 Å². The van der Waals surface area contributed by atoms with Crippen molar-refractivity contribution >= 4 is 40.2 Å². The monoisotopic (exact) mass is 366 g/mol. The average Bonchev–Trinajstić information content (AvgIpc) is 2.31. The van der Waals surface area contributed by atoms with E-state index in [0.29, 0.717) is 10.6 Å². The first-order valence-electron chi connectivity index (χ1n) is 5.01. The Hall–Kier alpha value is -0.590. The van der Waals surface area contributed by atoms with E-state index in [2.05, 4.69) is 0 Å². The van der Waals surface area contributed by atoms with Crippen molar-refractivity contribution in [2.75, 3.05) is 6.61 Å². The van der Waals surface area contributed by atoms with E-state index >= 15 is 0 Å². The molecule has 92 valence electrons. The summed E-state index contributed by atoms with van der Waals surface area (Å²) >= 11 is 7.66. The quantitative estimate of drug-likeness (QED) is 0.505. The summed E-state index contributed by atoms with van der Waals surface area (Å²) < 4.78 is 6.39. The average molecular weight is 367 g/mol. The molecule has 0 aliphatic heterocycles. The zero-order chi connectivity index (χ0) is 12.8. The summed E-state index contributed by atoms with van der Waals surface area (Å²) in [6.07, 6.45) is -0.997. The van der Waals surface area contributed by atoms with Gasteiger partial charge in [0.05, 0.1) is 12.2 Å². The van der Waals surface area contributed by atoms with Gasteiger partial charge in [-0.15, -0.1) is 0 Å². The van der Waals surface area contributed by atoms with Crippen LogP contribution in [0.25, 0.3) is 0 Å². The molecular weight excluding hydrogens is 354 g/mol. The highest BCUT2D eigenvalue weighted by atomic mass is 127. The maximum atomic E-state index is 11.6. The van der Waals surface area contributed by atoms with E-state index in [9.17, 15) is 9.90 Å². The molecule has 3 nitrogen and oxygen atoms in total. The summed E-state index contributed by atoms with van der Waals surface area (Å²) in [5, 5.41) is 10.6. The second-order valence-electron chi connectivity index (χ2n) is 3.24. The van der Waals surface area contributed by atoms with Crippen molar-refractivity contribution in [3.63, 3.8) is 0 Å². The molecule has 0 radical (unpaired) electrons. The van der Waals surface area contributed by atoms with E-state index in [1.54, 1.807) is 31.2 Å². The SMILES string of the molecule is CCOC(=O)/C(=C\I)[C@@H](O)c1ccc(Cl)cc1. The lowest BCUT2D eigenvalue weighted by Crippen LogP contribution is -2.14. The molecule has 0 saturated heterocycles. The van der Waals surface area contributed by atoms with Crippen LogP contribution >= 0.6 is 34.2 Å². The topological polar surface area (TPSA) is 46.5 Å². The molecule has 17 heavy (non-hydrogen) atoms. The predicted octanol–water partition coefficient (Wildman–Crippen LogP) is 3.26. The van der Waals surface area contributed by atoms with Crippen LogP contribution in [0.1, 0.15) is 18.6 Å². The van der Waals surface area contributed by atoms with Crippen LogP contribution in [0.15, 0.2) is 33.9 Å². The summed E-state index contributed by atoms with van der Waals surface area (Å²) in [5.41, 5.74) is 0.820. The lowest BCUT2D eigenvalue weighted by atomic mass is 10.0. The van der Waals surface area contributed by atoms with Crippen LogP contribution in [0.4, 0.5) is 0 Å². The van der Waals surface area contributed by atoms with Crippen molar-refractivity contribution in [1.82, 2.24) is 0 Å². The molecule has 0 aliphatic carbocycles. The number of aliphatic hydroxyl groups is 1. The highest BCUT2D eigenvalue weighted by molar-refractivity contribution is 14.1. The van der Waals surface area contributed by atoms with Gasteiger partial charge in [-0.25, -0.2) is 4.79 Å². The van der Waals surface area contributed by atoms with Gasteiger partial charge in [-0.05, 0) is 28.7 Å². The Balaban J connectivity index is 2.90. The lowest BCUT2D eigenvalue weighted by Gasteiger charge is -2.13. The molecule has 0 unspecified atom stereocenters. The number of rotatable bonds is 4. The van der Waals surface area contributed by atoms with Gasteiger partial charge in [-0.3, -0.25) is 0 Å². The molecule has 0 aliphatic rings. The number of carbonyl (C=O) groups is 1. The number of esters is 1. The van der Waals surface area contributed by atoms with Gasteiger partial charge in [-0.1, -0.05) is 46.3 Å². The number of benzene rings is 1. The summed E-state index contributed by atoms with van der Waals surface area (Å²) in [5.74, 6) is -0.510. The minimum atomic E-state index is -0.997. The van der Waals surface area contributed by atoms with Crippen molar-refractivity contribution < 1.29 is 14.6 Å². The number of ether oxygens (including phenoxy) is 1. The van der Waals surface area contributed by atoms with Crippen LogP contribution in [-0.2, 0) is 9.53 Å². The molecule has 1 aromatic carbocycles. The van der Waals surface area contributed by atoms with Gasteiger partial charge in [0.1, 0.15) is 6.10 Å². The number of hydrogen-bond acceptors (Lipinski definition) is 3. The summed E-state index contributed by atoms with van der Waals surface area (Å²) in [4.78, 5) is 11.6. The van der Waals surface area contributed by atoms with E-state index < -0.39 is 12.1 Å². The Morgan fingerprint density at radius 2 is 2.12 bits per heavy atom. The van der Waals surface area contributed by atoms with E-state index in [0.717, 1.165) is 0 Å². The van der Waals surface area contributed by atoms with E-state index in [4.69, 9.17) is 16.3 Å². The molecular formula is C12H12ClIO3. The highest BCUT2D eigenvalue weighted by Crippen LogP contribution is 2.25. The molecule has 1 aromatic rings. The lowest BCUT2D eigenvalue weighted by molar-refractivity contribution is -0.139. The fourth-order valence-electron chi connectivity index (χ4n) is 1.25. The molecule has 0 aromatic heterocycles. The number of hydrogen-bond donors (Lipinski definition) is 1. The van der Waals surface area contributed by atoms with Gasteiger partial charge in [0.15, 0.2) is 0 Å². The minimum Gasteiger partial charge on any atom is -0.463 e. The van der Waals surface area contributed by atoms with Crippen molar-refractivity contribution in [1.29, 1.82) is 0 Å². The van der Waals surface area contributed by atoms with Gasteiger partial charge >= 0.3 is 5.97 Å². The van der Waals surface area contributed by atoms with Gasteiger partial charge < -0.3 is 9.84 Å². The molecule has 0 spiro atoms. The Kier molecular flexibility index (Phi) is 5.94.